The first-order valence-electron chi connectivity index (χ1n) is 12.1. The van der Waals surface area contributed by atoms with Crippen molar-refractivity contribution in [2.75, 3.05) is 6.61 Å². The van der Waals surface area contributed by atoms with Gasteiger partial charge in [-0.15, -0.1) is 11.3 Å². The predicted octanol–water partition coefficient (Wildman–Crippen LogP) is 5.66. The van der Waals surface area contributed by atoms with Crippen LogP contribution in [0, 0.1) is 5.82 Å². The van der Waals surface area contributed by atoms with E-state index in [9.17, 15) is 14.0 Å². The number of carbonyl (C=O) groups excluding carboxylic acids is 2. The van der Waals surface area contributed by atoms with Crippen LogP contribution in [0.15, 0.2) is 66.0 Å². The van der Waals surface area contributed by atoms with E-state index in [4.69, 9.17) is 4.74 Å². The molecule has 4 rings (SSSR count). The summed E-state index contributed by atoms with van der Waals surface area (Å²) >= 11 is 1.51. The van der Waals surface area contributed by atoms with Crippen LogP contribution in [0.5, 0.6) is 5.75 Å². The van der Waals surface area contributed by atoms with Crippen molar-refractivity contribution in [1.82, 2.24) is 10.2 Å². The van der Waals surface area contributed by atoms with Crippen molar-refractivity contribution in [2.24, 2.45) is 0 Å². The molecule has 0 radical (unpaired) electrons. The zero-order valence-corrected chi connectivity index (χ0v) is 20.7. The van der Waals surface area contributed by atoms with Crippen LogP contribution >= 0.6 is 11.3 Å². The Labute approximate surface area is 209 Å². The number of amides is 2. The van der Waals surface area contributed by atoms with Gasteiger partial charge in [0.25, 0.3) is 0 Å². The number of hydrogen-bond donors (Lipinski definition) is 1. The second-order valence-electron chi connectivity index (χ2n) is 8.77. The van der Waals surface area contributed by atoms with E-state index >= 15 is 0 Å². The SMILES string of the molecule is CCOc1ccccc1[C@H](C(=O)NC1CCCC1)N(Cc1ccc(F)cc1)C(=O)Cc1cccs1. The van der Waals surface area contributed by atoms with E-state index in [1.165, 1.54) is 23.5 Å². The number of rotatable bonds is 10. The minimum absolute atomic E-state index is 0.101. The molecule has 0 spiro atoms. The summed E-state index contributed by atoms with van der Waals surface area (Å²) in [6.07, 6.45) is 4.23. The summed E-state index contributed by atoms with van der Waals surface area (Å²) in [7, 11) is 0. The lowest BCUT2D eigenvalue weighted by Crippen LogP contribution is -2.46. The van der Waals surface area contributed by atoms with E-state index in [-0.39, 0.29) is 36.6 Å². The van der Waals surface area contributed by atoms with Gasteiger partial charge in [0.2, 0.25) is 11.8 Å². The van der Waals surface area contributed by atoms with Gasteiger partial charge in [-0.05, 0) is 55.0 Å². The van der Waals surface area contributed by atoms with Gasteiger partial charge in [0, 0.05) is 23.0 Å². The van der Waals surface area contributed by atoms with Crippen LogP contribution in [0.3, 0.4) is 0 Å². The van der Waals surface area contributed by atoms with E-state index in [2.05, 4.69) is 5.32 Å². The molecule has 0 aliphatic heterocycles. The molecule has 1 N–H and O–H groups in total. The highest BCUT2D eigenvalue weighted by Gasteiger charge is 2.35. The van der Waals surface area contributed by atoms with Crippen LogP contribution in [0.2, 0.25) is 0 Å². The Bertz CT molecular complexity index is 1110. The molecule has 3 aromatic rings. The topological polar surface area (TPSA) is 58.6 Å². The van der Waals surface area contributed by atoms with Crippen molar-refractivity contribution in [3.05, 3.63) is 87.9 Å². The van der Waals surface area contributed by atoms with Crippen molar-refractivity contribution < 1.29 is 18.7 Å². The van der Waals surface area contributed by atoms with Gasteiger partial charge < -0.3 is 15.0 Å². The molecule has 1 fully saturated rings. The zero-order chi connectivity index (χ0) is 24.6. The normalized spacial score (nSPS) is 14.5. The summed E-state index contributed by atoms with van der Waals surface area (Å²) in [5, 5.41) is 5.12. The van der Waals surface area contributed by atoms with Gasteiger partial charge in [-0.1, -0.05) is 49.2 Å². The van der Waals surface area contributed by atoms with Crippen LogP contribution in [-0.2, 0) is 22.6 Å². The van der Waals surface area contributed by atoms with E-state index in [1.807, 2.05) is 48.7 Å². The zero-order valence-electron chi connectivity index (χ0n) is 19.9. The molecule has 0 bridgehead atoms. The van der Waals surface area contributed by atoms with Gasteiger partial charge in [0.15, 0.2) is 0 Å². The Morgan fingerprint density at radius 2 is 1.83 bits per heavy atom. The Morgan fingerprint density at radius 3 is 2.51 bits per heavy atom. The van der Waals surface area contributed by atoms with Crippen molar-refractivity contribution in [2.45, 2.75) is 57.7 Å². The van der Waals surface area contributed by atoms with Gasteiger partial charge in [-0.2, -0.15) is 0 Å². The molecule has 1 heterocycles. The molecule has 0 unspecified atom stereocenters. The van der Waals surface area contributed by atoms with Crippen molar-refractivity contribution in [1.29, 1.82) is 0 Å². The first kappa shape index (κ1) is 24.9. The summed E-state index contributed by atoms with van der Waals surface area (Å²) in [6, 6.07) is 16.5. The molecule has 1 aliphatic carbocycles. The lowest BCUT2D eigenvalue weighted by molar-refractivity contribution is -0.141. The molecule has 1 aromatic heterocycles. The van der Waals surface area contributed by atoms with Crippen LogP contribution < -0.4 is 10.1 Å². The highest BCUT2D eigenvalue weighted by Crippen LogP contribution is 2.33. The third-order valence-electron chi connectivity index (χ3n) is 6.27. The lowest BCUT2D eigenvalue weighted by atomic mass is 10.0. The highest BCUT2D eigenvalue weighted by molar-refractivity contribution is 7.10. The number of nitrogens with one attached hydrogen (secondary N) is 1. The standard InChI is InChI=1S/C28H31FN2O3S/c1-2-34-25-12-6-5-11-24(25)27(28(33)30-22-8-3-4-9-22)31(19-20-13-15-21(29)16-14-20)26(32)18-23-10-7-17-35-23/h5-7,10-17,22,27H,2-4,8-9,18-19H2,1H3,(H,30,33)/t27-/m1/s1. The lowest BCUT2D eigenvalue weighted by Gasteiger charge is -2.33. The molecule has 0 saturated heterocycles. The molecule has 1 aliphatic rings. The maximum Gasteiger partial charge on any atom is 0.247 e. The van der Waals surface area contributed by atoms with Gasteiger partial charge >= 0.3 is 0 Å². The largest absolute Gasteiger partial charge is 0.494 e. The molecule has 7 heteroatoms. The maximum atomic E-state index is 13.8. The van der Waals surface area contributed by atoms with Crippen molar-refractivity contribution in [3.63, 3.8) is 0 Å². The van der Waals surface area contributed by atoms with E-state index in [0.29, 0.717) is 17.9 Å². The van der Waals surface area contributed by atoms with Crippen molar-refractivity contribution in [3.8, 4) is 5.75 Å². The van der Waals surface area contributed by atoms with E-state index in [0.717, 1.165) is 36.1 Å². The molecule has 1 atom stereocenters. The third kappa shape index (κ3) is 6.48. The fourth-order valence-electron chi connectivity index (χ4n) is 4.57. The smallest absolute Gasteiger partial charge is 0.247 e. The fourth-order valence-corrected chi connectivity index (χ4v) is 5.26. The number of carbonyl (C=O) groups is 2. The molecule has 5 nitrogen and oxygen atoms in total. The first-order chi connectivity index (χ1) is 17.0. The molecule has 2 amide bonds. The summed E-state index contributed by atoms with van der Waals surface area (Å²) in [5.41, 5.74) is 1.39. The number of halogens is 1. The molecule has 184 valence electrons. The second-order valence-corrected chi connectivity index (χ2v) is 9.80. The van der Waals surface area contributed by atoms with Gasteiger partial charge in [0.1, 0.15) is 17.6 Å². The number of benzene rings is 2. The summed E-state index contributed by atoms with van der Waals surface area (Å²) < 4.78 is 19.5. The van der Waals surface area contributed by atoms with Gasteiger partial charge in [-0.25, -0.2) is 4.39 Å². The third-order valence-corrected chi connectivity index (χ3v) is 7.14. The first-order valence-corrected chi connectivity index (χ1v) is 13.0. The molecule has 1 saturated carbocycles. The van der Waals surface area contributed by atoms with Crippen LogP contribution in [0.4, 0.5) is 4.39 Å². The molecular formula is C28H31FN2O3S. The van der Waals surface area contributed by atoms with Crippen LogP contribution in [0.1, 0.15) is 54.7 Å². The Hall–Kier alpha value is -3.19. The van der Waals surface area contributed by atoms with Crippen LogP contribution in [-0.4, -0.2) is 29.4 Å². The molecular weight excluding hydrogens is 463 g/mol. The van der Waals surface area contributed by atoms with E-state index < -0.39 is 6.04 Å². The Balaban J connectivity index is 1.74. The average molecular weight is 495 g/mol. The summed E-state index contributed by atoms with van der Waals surface area (Å²) in [5.74, 6) is -0.155. The Kier molecular flexibility index (Phi) is 8.53. The van der Waals surface area contributed by atoms with Gasteiger partial charge in [-0.3, -0.25) is 9.59 Å². The number of hydrogen-bond acceptors (Lipinski definition) is 4. The summed E-state index contributed by atoms with van der Waals surface area (Å²) in [4.78, 5) is 30.1. The Morgan fingerprint density at radius 1 is 1.09 bits per heavy atom. The highest BCUT2D eigenvalue weighted by atomic mass is 32.1. The van der Waals surface area contributed by atoms with Crippen LogP contribution in [0.25, 0.3) is 0 Å². The molecule has 2 aromatic carbocycles. The number of ether oxygens (including phenoxy) is 1. The number of para-hydroxylation sites is 1. The van der Waals surface area contributed by atoms with E-state index in [1.54, 1.807) is 17.0 Å². The predicted molar refractivity (Wildman–Crippen MR) is 136 cm³/mol. The number of thiophene rings is 1. The minimum atomic E-state index is -0.879. The quantitative estimate of drug-likeness (QED) is 0.396. The second kappa shape index (κ2) is 12.0. The average Bonchev–Trinajstić information content (AvgIpc) is 3.56. The molecule has 35 heavy (non-hydrogen) atoms. The summed E-state index contributed by atoms with van der Waals surface area (Å²) in [6.45, 7) is 2.51. The number of nitrogens with zero attached hydrogens (tertiary/aromatic N) is 1. The maximum absolute atomic E-state index is 13.8. The fraction of sp³-hybridized carbons (Fsp3) is 0.357. The van der Waals surface area contributed by atoms with Gasteiger partial charge in [0.05, 0.1) is 13.0 Å². The minimum Gasteiger partial charge on any atom is -0.494 e. The monoisotopic (exact) mass is 494 g/mol. The van der Waals surface area contributed by atoms with Crippen molar-refractivity contribution >= 4 is 23.2 Å².